The van der Waals surface area contributed by atoms with Gasteiger partial charge in [0.15, 0.2) is 11.6 Å². The molecule has 7 heteroatoms. The number of benzene rings is 1. The topological polar surface area (TPSA) is 62.6 Å². The van der Waals surface area contributed by atoms with E-state index >= 15 is 4.39 Å². The number of hydrogen-bond acceptors (Lipinski definition) is 6. The van der Waals surface area contributed by atoms with Crippen LogP contribution in [-0.4, -0.2) is 35.4 Å². The fourth-order valence-corrected chi connectivity index (χ4v) is 4.47. The number of amidine groups is 1. The molecule has 0 amide bonds. The molecular formula is C26H28FN5O. The van der Waals surface area contributed by atoms with E-state index in [2.05, 4.69) is 25.2 Å². The molecule has 3 aliphatic rings. The highest BCUT2D eigenvalue weighted by atomic mass is 19.1. The van der Waals surface area contributed by atoms with Gasteiger partial charge in [-0.15, -0.1) is 0 Å². The fraction of sp³-hybridized carbons (Fsp3) is 0.346. The largest absolute Gasteiger partial charge is 0.421 e. The van der Waals surface area contributed by atoms with E-state index in [1.165, 1.54) is 6.42 Å². The predicted molar refractivity (Wildman–Crippen MR) is 131 cm³/mol. The van der Waals surface area contributed by atoms with Crippen molar-refractivity contribution in [1.82, 2.24) is 9.97 Å². The van der Waals surface area contributed by atoms with Gasteiger partial charge in [0.2, 0.25) is 0 Å². The molecule has 1 saturated heterocycles. The number of halogens is 1. The Bertz CT molecular complexity index is 1190. The molecule has 0 spiro atoms. The van der Waals surface area contributed by atoms with Gasteiger partial charge in [-0.25, -0.2) is 4.39 Å². The minimum absolute atomic E-state index is 0.120. The van der Waals surface area contributed by atoms with Gasteiger partial charge in [-0.3, -0.25) is 4.99 Å². The molecule has 1 aromatic carbocycles. The zero-order valence-corrected chi connectivity index (χ0v) is 19.1. The Kier molecular flexibility index (Phi) is 5.94. The molecule has 2 aliphatic heterocycles. The second-order valence-corrected chi connectivity index (χ2v) is 8.71. The lowest BCUT2D eigenvalue weighted by Gasteiger charge is -2.28. The van der Waals surface area contributed by atoms with E-state index in [-0.39, 0.29) is 17.6 Å². The van der Waals surface area contributed by atoms with Gasteiger partial charge in [0.05, 0.1) is 6.54 Å². The zero-order chi connectivity index (χ0) is 22.8. The van der Waals surface area contributed by atoms with Gasteiger partial charge in [0.1, 0.15) is 17.5 Å². The molecule has 3 heterocycles. The monoisotopic (exact) mass is 445 g/mol. The molecule has 0 saturated carbocycles. The zero-order valence-electron chi connectivity index (χ0n) is 19.1. The lowest BCUT2D eigenvalue weighted by Crippen LogP contribution is -2.30. The standard InChI is InChI=1S/C26H28FN5O/c1-3-7-18-14-22(28-16-18)29-23-15-24(32-10-5-4-6-11-32)31-26(30-23)33-21-9-8-19-12-17(2)13-20(19)25(21)27/h3,7-9,13-15H,4-6,10-12,16H2,1-2H3,(H,28,29,30,31)/b7-3+. The van der Waals surface area contributed by atoms with Crippen molar-refractivity contribution in [2.45, 2.75) is 39.5 Å². The van der Waals surface area contributed by atoms with E-state index in [4.69, 9.17) is 4.74 Å². The Morgan fingerprint density at radius 1 is 1.12 bits per heavy atom. The van der Waals surface area contributed by atoms with Gasteiger partial charge in [-0.05, 0) is 62.8 Å². The number of piperidine rings is 1. The van der Waals surface area contributed by atoms with Crippen molar-refractivity contribution in [1.29, 1.82) is 0 Å². The number of fused-ring (bicyclic) bond motifs is 1. The van der Waals surface area contributed by atoms with Gasteiger partial charge in [-0.1, -0.05) is 29.9 Å². The minimum Gasteiger partial charge on any atom is -0.421 e. The number of hydrogen-bond donors (Lipinski definition) is 1. The van der Waals surface area contributed by atoms with Crippen LogP contribution in [0.25, 0.3) is 6.08 Å². The normalized spacial score (nSPS) is 17.7. The lowest BCUT2D eigenvalue weighted by molar-refractivity contribution is 0.410. The van der Waals surface area contributed by atoms with Crippen molar-refractivity contribution in [2.75, 3.05) is 29.9 Å². The third kappa shape index (κ3) is 4.67. The molecule has 1 fully saturated rings. The molecule has 1 aliphatic carbocycles. The second kappa shape index (κ2) is 9.17. The summed E-state index contributed by atoms with van der Waals surface area (Å²) in [5.41, 5.74) is 3.84. The number of anilines is 2. The predicted octanol–water partition coefficient (Wildman–Crippen LogP) is 5.68. The Balaban J connectivity index is 1.45. The molecule has 2 aromatic rings. The van der Waals surface area contributed by atoms with Crippen LogP contribution in [0.3, 0.4) is 0 Å². The highest BCUT2D eigenvalue weighted by molar-refractivity contribution is 6.05. The summed E-state index contributed by atoms with van der Waals surface area (Å²) in [4.78, 5) is 15.9. The average molecular weight is 446 g/mol. The molecule has 6 nitrogen and oxygen atoms in total. The maximum absolute atomic E-state index is 15.1. The van der Waals surface area contributed by atoms with Crippen LogP contribution in [0.2, 0.25) is 0 Å². The van der Waals surface area contributed by atoms with Crippen molar-refractivity contribution in [2.24, 2.45) is 4.99 Å². The van der Waals surface area contributed by atoms with E-state index in [9.17, 15) is 0 Å². The number of aromatic nitrogens is 2. The summed E-state index contributed by atoms with van der Waals surface area (Å²) < 4.78 is 21.1. The van der Waals surface area contributed by atoms with Crippen LogP contribution >= 0.6 is 0 Å². The average Bonchev–Trinajstić information content (AvgIpc) is 3.42. The Morgan fingerprint density at radius 3 is 2.79 bits per heavy atom. The first-order valence-electron chi connectivity index (χ1n) is 11.5. The van der Waals surface area contributed by atoms with E-state index in [0.29, 0.717) is 17.9 Å². The lowest BCUT2D eigenvalue weighted by atomic mass is 10.1. The summed E-state index contributed by atoms with van der Waals surface area (Å²) >= 11 is 0. The van der Waals surface area contributed by atoms with Gasteiger partial charge >= 0.3 is 6.01 Å². The first-order valence-corrected chi connectivity index (χ1v) is 11.5. The van der Waals surface area contributed by atoms with Crippen molar-refractivity contribution in [3.05, 3.63) is 64.5 Å². The smallest absolute Gasteiger partial charge is 0.326 e. The quantitative estimate of drug-likeness (QED) is 0.641. The molecule has 5 rings (SSSR count). The van der Waals surface area contributed by atoms with E-state index < -0.39 is 0 Å². The van der Waals surface area contributed by atoms with Crippen LogP contribution in [0.1, 0.15) is 44.2 Å². The van der Waals surface area contributed by atoms with Crippen LogP contribution in [0.4, 0.5) is 16.0 Å². The van der Waals surface area contributed by atoms with E-state index in [1.807, 2.05) is 50.3 Å². The Labute approximate surface area is 193 Å². The highest BCUT2D eigenvalue weighted by Gasteiger charge is 2.21. The summed E-state index contributed by atoms with van der Waals surface area (Å²) in [6.45, 7) is 6.48. The minimum atomic E-state index is -0.370. The van der Waals surface area contributed by atoms with Crippen LogP contribution in [-0.2, 0) is 6.42 Å². The third-order valence-corrected chi connectivity index (χ3v) is 6.06. The number of nitrogens with one attached hydrogen (secondary N) is 1. The number of rotatable bonds is 5. The number of ether oxygens (including phenoxy) is 1. The molecule has 0 radical (unpaired) electrons. The Hall–Kier alpha value is -3.48. The van der Waals surface area contributed by atoms with Crippen LogP contribution < -0.4 is 15.0 Å². The van der Waals surface area contributed by atoms with Gasteiger partial charge in [-0.2, -0.15) is 9.97 Å². The molecule has 0 unspecified atom stereocenters. The van der Waals surface area contributed by atoms with Crippen molar-refractivity contribution in [3.63, 3.8) is 0 Å². The molecule has 0 bridgehead atoms. The summed E-state index contributed by atoms with van der Waals surface area (Å²) in [6.07, 6.45) is 12.1. The summed E-state index contributed by atoms with van der Waals surface area (Å²) in [5.74, 6) is 1.85. The Morgan fingerprint density at radius 2 is 1.97 bits per heavy atom. The van der Waals surface area contributed by atoms with E-state index in [0.717, 1.165) is 60.7 Å². The number of allylic oxidation sites excluding steroid dienone is 2. The summed E-state index contributed by atoms with van der Waals surface area (Å²) in [6, 6.07) is 5.61. The van der Waals surface area contributed by atoms with Crippen LogP contribution in [0.15, 0.2) is 52.6 Å². The van der Waals surface area contributed by atoms with Gasteiger partial charge in [0.25, 0.3) is 0 Å². The van der Waals surface area contributed by atoms with Crippen molar-refractivity contribution >= 4 is 23.5 Å². The first-order chi connectivity index (χ1) is 16.1. The van der Waals surface area contributed by atoms with Crippen molar-refractivity contribution in [3.8, 4) is 11.8 Å². The first kappa shape index (κ1) is 21.4. The molecule has 33 heavy (non-hydrogen) atoms. The third-order valence-electron chi connectivity index (χ3n) is 6.06. The summed E-state index contributed by atoms with van der Waals surface area (Å²) in [7, 11) is 0. The SMILES string of the molecule is C/C=C/C1=CC(Nc2cc(N3CCCCC3)nc(Oc3ccc4c(c3F)C=C(C)C4)n2)=NC1. The molecule has 170 valence electrons. The molecule has 1 N–H and O–H groups in total. The summed E-state index contributed by atoms with van der Waals surface area (Å²) in [5, 5.41) is 3.28. The van der Waals surface area contributed by atoms with Crippen LogP contribution in [0.5, 0.6) is 11.8 Å². The van der Waals surface area contributed by atoms with Crippen molar-refractivity contribution < 1.29 is 9.13 Å². The second-order valence-electron chi connectivity index (χ2n) is 8.71. The fourth-order valence-electron chi connectivity index (χ4n) is 4.47. The van der Waals surface area contributed by atoms with Gasteiger partial charge in [0, 0.05) is 24.7 Å². The highest BCUT2D eigenvalue weighted by Crippen LogP contribution is 2.34. The maximum atomic E-state index is 15.1. The number of nitrogens with zero attached hydrogens (tertiary/aromatic N) is 4. The molecular weight excluding hydrogens is 417 g/mol. The molecule has 0 atom stereocenters. The van der Waals surface area contributed by atoms with E-state index in [1.54, 1.807) is 6.07 Å². The number of aliphatic imine (C=N–C) groups is 1. The van der Waals surface area contributed by atoms with Crippen LogP contribution in [0, 0.1) is 5.82 Å². The van der Waals surface area contributed by atoms with Gasteiger partial charge < -0.3 is 15.0 Å². The molecule has 1 aromatic heterocycles. The maximum Gasteiger partial charge on any atom is 0.326 e.